The number of alkyl halides is 3. The van der Waals surface area contributed by atoms with Gasteiger partial charge in [0, 0.05) is 81.3 Å². The van der Waals surface area contributed by atoms with Crippen molar-refractivity contribution >= 4 is 40.9 Å². The van der Waals surface area contributed by atoms with Gasteiger partial charge in [0.1, 0.15) is 0 Å². The van der Waals surface area contributed by atoms with Gasteiger partial charge >= 0.3 is 12.3 Å². The van der Waals surface area contributed by atoms with E-state index >= 15 is 0 Å². The van der Waals surface area contributed by atoms with E-state index in [0.29, 0.717) is 63.6 Å². The van der Waals surface area contributed by atoms with E-state index in [2.05, 4.69) is 36.0 Å². The van der Waals surface area contributed by atoms with Crippen LogP contribution in [0.1, 0.15) is 62.6 Å². The molecule has 2 aromatic carbocycles. The molecule has 0 unspecified atom stereocenters. The Morgan fingerprint density at radius 2 is 1.68 bits per heavy atom. The van der Waals surface area contributed by atoms with Gasteiger partial charge in [0.2, 0.25) is 5.91 Å². The Morgan fingerprint density at radius 3 is 2.32 bits per heavy atom. The van der Waals surface area contributed by atoms with Crippen LogP contribution in [-0.2, 0) is 32.3 Å². The maximum absolute atomic E-state index is 14.1. The van der Waals surface area contributed by atoms with Gasteiger partial charge in [-0.25, -0.2) is 4.79 Å². The number of halogens is 4. The van der Waals surface area contributed by atoms with Crippen molar-refractivity contribution in [2.75, 3.05) is 57.4 Å². The quantitative estimate of drug-likeness (QED) is 0.400. The smallest absolute Gasteiger partial charge is 0.418 e. The number of rotatable bonds is 5. The Labute approximate surface area is 296 Å². The van der Waals surface area contributed by atoms with Gasteiger partial charge in [0.25, 0.3) is 5.91 Å². The van der Waals surface area contributed by atoms with Crippen LogP contribution in [-0.4, -0.2) is 108 Å². The van der Waals surface area contributed by atoms with Crippen LogP contribution in [0.5, 0.6) is 0 Å². The summed E-state index contributed by atoms with van der Waals surface area (Å²) >= 11 is 6.13. The van der Waals surface area contributed by atoms with Crippen molar-refractivity contribution in [2.24, 2.45) is 0 Å². The number of likely N-dealkylation sites (N-methyl/N-ethyl adjacent to an activating group) is 1. The van der Waals surface area contributed by atoms with Crippen LogP contribution in [0.15, 0.2) is 36.4 Å². The number of fused-ring (bicyclic) bond motifs is 2. The lowest BCUT2D eigenvalue weighted by molar-refractivity contribution is -0.143. The Bertz CT molecular complexity index is 1600. The molecule has 6 rings (SSSR count). The maximum atomic E-state index is 14.1. The van der Waals surface area contributed by atoms with Crippen molar-refractivity contribution < 1.29 is 32.3 Å². The minimum atomic E-state index is -4.77. The highest BCUT2D eigenvalue weighted by Gasteiger charge is 2.44. The van der Waals surface area contributed by atoms with Crippen molar-refractivity contribution in [3.63, 3.8) is 0 Å². The minimum Gasteiger partial charge on any atom is -0.436 e. The van der Waals surface area contributed by atoms with E-state index in [-0.39, 0.29) is 22.9 Å². The highest BCUT2D eigenvalue weighted by atomic mass is 35.5. The monoisotopic (exact) mass is 718 g/mol. The molecule has 3 amide bonds. The fourth-order valence-corrected chi connectivity index (χ4v) is 8.47. The molecule has 2 aromatic rings. The van der Waals surface area contributed by atoms with Crippen LogP contribution in [0.4, 0.5) is 29.3 Å². The molecule has 50 heavy (non-hydrogen) atoms. The van der Waals surface area contributed by atoms with Gasteiger partial charge in [-0.2, -0.15) is 13.2 Å². The average molecular weight is 719 g/mol. The molecule has 0 saturated carbocycles. The molecule has 4 aliphatic heterocycles. The summed E-state index contributed by atoms with van der Waals surface area (Å²) < 4.78 is 47.4. The van der Waals surface area contributed by atoms with Crippen LogP contribution in [0.2, 0.25) is 5.02 Å². The summed E-state index contributed by atoms with van der Waals surface area (Å²) in [5.41, 5.74) is 5.42. The van der Waals surface area contributed by atoms with E-state index in [1.165, 1.54) is 11.0 Å². The summed E-state index contributed by atoms with van der Waals surface area (Å²) in [5.74, 6) is -0.532. The second-order valence-electron chi connectivity index (χ2n) is 14.5. The molecule has 0 radical (unpaired) electrons. The zero-order chi connectivity index (χ0) is 36.0. The van der Waals surface area contributed by atoms with Crippen molar-refractivity contribution in [3.05, 3.63) is 58.1 Å². The van der Waals surface area contributed by atoms with Crippen molar-refractivity contribution in [3.8, 4) is 0 Å². The average Bonchev–Trinajstić information content (AvgIpc) is 3.07. The largest absolute Gasteiger partial charge is 0.436 e. The van der Waals surface area contributed by atoms with E-state index in [0.717, 1.165) is 43.2 Å². The second kappa shape index (κ2) is 14.2. The van der Waals surface area contributed by atoms with Gasteiger partial charge in [-0.15, -0.1) is 0 Å². The Hall–Kier alpha value is -3.55. The van der Waals surface area contributed by atoms with Crippen molar-refractivity contribution in [1.29, 1.82) is 0 Å². The first-order valence-corrected chi connectivity index (χ1v) is 17.8. The predicted molar refractivity (Wildman–Crippen MR) is 185 cm³/mol. The maximum Gasteiger partial charge on any atom is 0.418 e. The molecule has 14 heteroatoms. The van der Waals surface area contributed by atoms with Crippen LogP contribution in [0.25, 0.3) is 0 Å². The zero-order valence-electron chi connectivity index (χ0n) is 28.8. The number of ether oxygens (including phenoxy) is 1. The molecule has 3 saturated heterocycles. The number of piperazine rings is 1. The van der Waals surface area contributed by atoms with E-state index in [1.54, 1.807) is 4.90 Å². The van der Waals surface area contributed by atoms with Crippen LogP contribution >= 0.6 is 11.6 Å². The van der Waals surface area contributed by atoms with Gasteiger partial charge in [0.15, 0.2) is 6.10 Å². The molecular formula is C36H46ClF3N6O4. The molecule has 0 bridgehead atoms. The number of hydrogen-bond donors (Lipinski definition) is 2. The summed E-state index contributed by atoms with van der Waals surface area (Å²) in [7, 11) is 2.14. The van der Waals surface area contributed by atoms with Crippen LogP contribution < -0.4 is 11.1 Å². The molecule has 10 nitrogen and oxygen atoms in total. The Kier molecular flexibility index (Phi) is 10.3. The Balaban J connectivity index is 1.17. The molecule has 0 aromatic heterocycles. The fraction of sp³-hybridized carbons (Fsp3) is 0.583. The fourth-order valence-electron chi connectivity index (χ4n) is 8.23. The number of piperidine rings is 2. The van der Waals surface area contributed by atoms with Gasteiger partial charge in [-0.05, 0) is 75.9 Å². The SMILES string of the molecule is C[C@@H]1CN(C2CCN(C(=O)[C@@H](Cc3cc(Cl)c(N)c(C(F)(F)F)c3)OC(=O)N3CCC4(CC3)CC(=O)Nc3ccccc34)CC2)C[C@H](C)N1C. The lowest BCUT2D eigenvalue weighted by Gasteiger charge is -2.47. The summed E-state index contributed by atoms with van der Waals surface area (Å²) in [6, 6.07) is 10.9. The normalized spacial score (nSPS) is 24.1. The van der Waals surface area contributed by atoms with E-state index < -0.39 is 40.9 Å². The first kappa shape index (κ1) is 36.2. The number of carbonyl (C=O) groups excluding carboxylic acids is 3. The predicted octanol–water partition coefficient (Wildman–Crippen LogP) is 5.38. The highest BCUT2D eigenvalue weighted by molar-refractivity contribution is 6.33. The van der Waals surface area contributed by atoms with Gasteiger partial charge < -0.3 is 25.6 Å². The summed E-state index contributed by atoms with van der Waals surface area (Å²) in [4.78, 5) is 48.4. The van der Waals surface area contributed by atoms with Crippen LogP contribution in [0, 0.1) is 0 Å². The molecule has 3 N–H and O–H groups in total. The third-order valence-electron chi connectivity index (χ3n) is 11.4. The van der Waals surface area contributed by atoms with Gasteiger partial charge in [-0.3, -0.25) is 19.4 Å². The highest BCUT2D eigenvalue weighted by Crippen LogP contribution is 2.45. The number of nitrogens with one attached hydrogen (secondary N) is 1. The number of carbonyl (C=O) groups is 3. The Morgan fingerprint density at radius 1 is 1.04 bits per heavy atom. The molecule has 272 valence electrons. The third kappa shape index (κ3) is 7.41. The summed E-state index contributed by atoms with van der Waals surface area (Å²) in [6.45, 7) is 7.76. The molecule has 0 aliphatic carbocycles. The van der Waals surface area contributed by atoms with Gasteiger partial charge in [0.05, 0.1) is 16.3 Å². The zero-order valence-corrected chi connectivity index (χ0v) is 29.5. The van der Waals surface area contributed by atoms with E-state index in [4.69, 9.17) is 22.1 Å². The number of nitrogens with zero attached hydrogens (tertiary/aromatic N) is 4. The standard InChI is InChI=1S/C36H46ClF3N6O4/c1-22-20-46(21-23(2)43(22)3)25-8-12-44(13-9-25)33(48)30(18-24-16-27(36(38,39)40)32(41)28(37)17-24)50-34(49)45-14-10-35(11-15-45)19-31(47)42-29-7-5-4-6-26(29)35/h4-7,16-17,22-23,25,30H,8-15,18-21,41H2,1-3H3,(H,42,47)/t22-,23+,30-/m1/s1. The van der Waals surface area contributed by atoms with E-state index in [1.807, 2.05) is 24.3 Å². The second-order valence-corrected chi connectivity index (χ2v) is 14.9. The first-order valence-electron chi connectivity index (χ1n) is 17.4. The number of nitrogens with two attached hydrogens (primary N) is 1. The third-order valence-corrected chi connectivity index (χ3v) is 11.7. The molecular weight excluding hydrogens is 673 g/mol. The molecule has 3 fully saturated rings. The number of likely N-dealkylation sites (tertiary alicyclic amines) is 2. The number of benzene rings is 2. The van der Waals surface area contributed by atoms with Crippen molar-refractivity contribution in [2.45, 2.75) is 88.2 Å². The number of hydrogen-bond acceptors (Lipinski definition) is 7. The summed E-state index contributed by atoms with van der Waals surface area (Å²) in [5, 5.41) is 2.64. The van der Waals surface area contributed by atoms with Crippen LogP contribution in [0.3, 0.4) is 0 Å². The lowest BCUT2D eigenvalue weighted by atomic mass is 9.68. The van der Waals surface area contributed by atoms with Crippen molar-refractivity contribution in [1.82, 2.24) is 19.6 Å². The molecule has 3 atom stereocenters. The number of anilines is 2. The number of amides is 3. The van der Waals surface area contributed by atoms with Gasteiger partial charge in [-0.1, -0.05) is 29.8 Å². The molecule has 4 heterocycles. The first-order chi connectivity index (χ1) is 23.6. The number of para-hydroxylation sites is 1. The van der Waals surface area contributed by atoms with E-state index in [9.17, 15) is 27.6 Å². The molecule has 4 aliphatic rings. The lowest BCUT2D eigenvalue weighted by Crippen LogP contribution is -2.59. The molecule has 1 spiro atoms. The topological polar surface area (TPSA) is 111 Å². The summed E-state index contributed by atoms with van der Waals surface area (Å²) in [6.07, 6.45) is -4.34. The number of nitrogen functional groups attached to an aromatic ring is 1. The minimum absolute atomic E-state index is 0.0776.